The van der Waals surface area contributed by atoms with Crippen LogP contribution in [0, 0.1) is 5.82 Å². The van der Waals surface area contributed by atoms with E-state index in [0.717, 1.165) is 11.1 Å². The summed E-state index contributed by atoms with van der Waals surface area (Å²) >= 11 is 0. The van der Waals surface area contributed by atoms with E-state index in [2.05, 4.69) is 5.10 Å². The molecule has 1 aliphatic heterocycles. The smallest absolute Gasteiger partial charge is 0.152 e. The van der Waals surface area contributed by atoms with Crippen LogP contribution in [0.25, 0.3) is 11.1 Å². The minimum Gasteiger partial charge on any atom is -0.265 e. The van der Waals surface area contributed by atoms with Crippen molar-refractivity contribution in [1.29, 1.82) is 0 Å². The zero-order valence-corrected chi connectivity index (χ0v) is 11.9. The van der Waals surface area contributed by atoms with E-state index in [1.165, 1.54) is 12.1 Å². The third-order valence-corrected chi connectivity index (χ3v) is 5.68. The van der Waals surface area contributed by atoms with Gasteiger partial charge in [-0.3, -0.25) is 4.68 Å². The Kier molecular flexibility index (Phi) is 2.93. The van der Waals surface area contributed by atoms with Crippen molar-refractivity contribution < 1.29 is 12.8 Å². The predicted molar refractivity (Wildman–Crippen MR) is 74.5 cm³/mol. The Bertz CT molecular complexity index is 737. The van der Waals surface area contributed by atoms with Crippen molar-refractivity contribution in [2.75, 3.05) is 11.5 Å². The van der Waals surface area contributed by atoms with Gasteiger partial charge in [-0.25, -0.2) is 12.8 Å². The minimum absolute atomic E-state index is 0.116. The van der Waals surface area contributed by atoms with Gasteiger partial charge >= 0.3 is 0 Å². The van der Waals surface area contributed by atoms with Crippen LogP contribution in [0.1, 0.15) is 13.3 Å². The average molecular weight is 294 g/mol. The van der Waals surface area contributed by atoms with Crippen molar-refractivity contribution in [3.63, 3.8) is 0 Å². The highest BCUT2D eigenvalue weighted by atomic mass is 32.2. The van der Waals surface area contributed by atoms with Gasteiger partial charge in [0.15, 0.2) is 9.84 Å². The van der Waals surface area contributed by atoms with Gasteiger partial charge in [0, 0.05) is 11.8 Å². The molecular formula is C14H15FN2O2S. The summed E-state index contributed by atoms with van der Waals surface area (Å²) in [5.74, 6) is 0.0368. The van der Waals surface area contributed by atoms with E-state index in [1.54, 1.807) is 23.0 Å². The van der Waals surface area contributed by atoms with Crippen LogP contribution in [0.5, 0.6) is 0 Å². The van der Waals surface area contributed by atoms with E-state index in [0.29, 0.717) is 6.42 Å². The summed E-state index contributed by atoms with van der Waals surface area (Å²) in [5.41, 5.74) is 1.23. The van der Waals surface area contributed by atoms with E-state index < -0.39 is 15.4 Å². The largest absolute Gasteiger partial charge is 0.265 e. The highest BCUT2D eigenvalue weighted by Crippen LogP contribution is 2.31. The summed E-state index contributed by atoms with van der Waals surface area (Å²) in [6.45, 7) is 1.90. The fourth-order valence-corrected chi connectivity index (χ4v) is 4.70. The maximum absolute atomic E-state index is 12.9. The molecule has 0 aliphatic carbocycles. The summed E-state index contributed by atoms with van der Waals surface area (Å²) in [5, 5.41) is 4.29. The monoisotopic (exact) mass is 294 g/mol. The van der Waals surface area contributed by atoms with Crippen LogP contribution in [-0.4, -0.2) is 29.7 Å². The first-order valence-corrected chi connectivity index (χ1v) is 8.22. The van der Waals surface area contributed by atoms with Crippen LogP contribution in [0.2, 0.25) is 0 Å². The third-order valence-electron chi connectivity index (χ3n) is 3.80. The van der Waals surface area contributed by atoms with Gasteiger partial charge in [-0.2, -0.15) is 5.10 Å². The van der Waals surface area contributed by atoms with Crippen LogP contribution < -0.4 is 0 Å². The minimum atomic E-state index is -2.97. The van der Waals surface area contributed by atoms with Crippen molar-refractivity contribution in [3.8, 4) is 11.1 Å². The molecule has 20 heavy (non-hydrogen) atoms. The van der Waals surface area contributed by atoms with E-state index >= 15 is 0 Å². The molecule has 106 valence electrons. The second-order valence-electron chi connectivity index (χ2n) is 5.52. The molecule has 1 atom stereocenters. The Morgan fingerprint density at radius 2 is 1.95 bits per heavy atom. The number of halogens is 1. The first-order valence-electron chi connectivity index (χ1n) is 6.40. The van der Waals surface area contributed by atoms with Gasteiger partial charge in [0.2, 0.25) is 0 Å². The number of sulfone groups is 1. The molecule has 0 saturated carbocycles. The molecule has 1 aliphatic rings. The zero-order chi connectivity index (χ0) is 14.4. The molecule has 0 spiro atoms. The molecule has 4 nitrogen and oxygen atoms in total. The molecule has 1 unspecified atom stereocenters. The Balaban J connectivity index is 1.93. The van der Waals surface area contributed by atoms with Gasteiger partial charge < -0.3 is 0 Å². The van der Waals surface area contributed by atoms with Gasteiger partial charge in [0.1, 0.15) is 5.82 Å². The average Bonchev–Trinajstić information content (AvgIpc) is 2.96. The van der Waals surface area contributed by atoms with Crippen LogP contribution >= 0.6 is 0 Å². The summed E-state index contributed by atoms with van der Waals surface area (Å²) in [6, 6.07) is 6.16. The van der Waals surface area contributed by atoms with Gasteiger partial charge in [-0.15, -0.1) is 0 Å². The number of aromatic nitrogens is 2. The second-order valence-corrected chi connectivity index (χ2v) is 7.70. The fourth-order valence-electron chi connectivity index (χ4n) is 2.58. The van der Waals surface area contributed by atoms with Crippen LogP contribution in [-0.2, 0) is 15.4 Å². The molecule has 0 amide bonds. The lowest BCUT2D eigenvalue weighted by Crippen LogP contribution is -2.31. The SMILES string of the molecule is CC1(n2cc(-c3ccc(F)cc3)cn2)CCS(=O)(=O)C1. The number of rotatable bonds is 2. The lowest BCUT2D eigenvalue weighted by molar-refractivity contribution is 0.328. The van der Waals surface area contributed by atoms with Gasteiger partial charge in [0.05, 0.1) is 23.2 Å². The van der Waals surface area contributed by atoms with Crippen LogP contribution in [0.15, 0.2) is 36.7 Å². The van der Waals surface area contributed by atoms with Crippen LogP contribution in [0.3, 0.4) is 0 Å². The number of hydrogen-bond acceptors (Lipinski definition) is 3. The molecule has 2 aromatic rings. The topological polar surface area (TPSA) is 52.0 Å². The molecule has 1 aromatic heterocycles. The van der Waals surface area contributed by atoms with E-state index in [4.69, 9.17) is 0 Å². The van der Waals surface area contributed by atoms with E-state index in [-0.39, 0.29) is 17.3 Å². The summed E-state index contributed by atoms with van der Waals surface area (Å²) < 4.78 is 37.9. The maximum atomic E-state index is 12.9. The Hall–Kier alpha value is -1.69. The van der Waals surface area contributed by atoms with Crippen molar-refractivity contribution in [3.05, 3.63) is 42.5 Å². The van der Waals surface area contributed by atoms with E-state index in [9.17, 15) is 12.8 Å². The van der Waals surface area contributed by atoms with Gasteiger partial charge in [-0.05, 0) is 31.0 Å². The normalized spacial score (nSPS) is 24.9. The van der Waals surface area contributed by atoms with Crippen molar-refractivity contribution in [1.82, 2.24) is 9.78 Å². The first-order chi connectivity index (χ1) is 9.38. The van der Waals surface area contributed by atoms with Crippen molar-refractivity contribution in [2.24, 2.45) is 0 Å². The Morgan fingerprint density at radius 1 is 1.25 bits per heavy atom. The lowest BCUT2D eigenvalue weighted by Gasteiger charge is -2.22. The van der Waals surface area contributed by atoms with Gasteiger partial charge in [0.25, 0.3) is 0 Å². The molecule has 1 aromatic carbocycles. The lowest BCUT2D eigenvalue weighted by atomic mass is 10.0. The highest BCUT2D eigenvalue weighted by Gasteiger charge is 2.40. The predicted octanol–water partition coefficient (Wildman–Crippen LogP) is 2.22. The first kappa shape index (κ1) is 13.3. The van der Waals surface area contributed by atoms with Crippen molar-refractivity contribution >= 4 is 9.84 Å². The Morgan fingerprint density at radius 3 is 2.55 bits per heavy atom. The highest BCUT2D eigenvalue weighted by molar-refractivity contribution is 7.91. The number of hydrogen-bond donors (Lipinski definition) is 0. The summed E-state index contributed by atoms with van der Waals surface area (Å²) in [7, 11) is -2.97. The standard InChI is InChI=1S/C14H15FN2O2S/c1-14(6-7-20(18,19)10-14)17-9-12(8-16-17)11-2-4-13(15)5-3-11/h2-5,8-9H,6-7,10H2,1H3. The molecule has 3 rings (SSSR count). The Labute approximate surface area is 117 Å². The quantitative estimate of drug-likeness (QED) is 0.853. The molecular weight excluding hydrogens is 279 g/mol. The van der Waals surface area contributed by atoms with Gasteiger partial charge in [-0.1, -0.05) is 12.1 Å². The fraction of sp³-hybridized carbons (Fsp3) is 0.357. The van der Waals surface area contributed by atoms with Crippen LogP contribution in [0.4, 0.5) is 4.39 Å². The zero-order valence-electron chi connectivity index (χ0n) is 11.1. The third kappa shape index (κ3) is 2.35. The summed E-state index contributed by atoms with van der Waals surface area (Å²) in [6.07, 6.45) is 4.08. The number of benzene rings is 1. The van der Waals surface area contributed by atoms with Crippen molar-refractivity contribution in [2.45, 2.75) is 18.9 Å². The number of nitrogens with zero attached hydrogens (tertiary/aromatic N) is 2. The molecule has 0 N–H and O–H groups in total. The molecule has 1 saturated heterocycles. The molecule has 2 heterocycles. The molecule has 1 fully saturated rings. The van der Waals surface area contributed by atoms with E-state index in [1.807, 2.05) is 13.1 Å². The summed E-state index contributed by atoms with van der Waals surface area (Å²) in [4.78, 5) is 0. The second kappa shape index (κ2) is 4.41. The molecule has 0 radical (unpaired) electrons. The molecule has 6 heteroatoms. The maximum Gasteiger partial charge on any atom is 0.152 e. The molecule has 0 bridgehead atoms.